The zero-order chi connectivity index (χ0) is 16.4. The van der Waals surface area contributed by atoms with E-state index < -0.39 is 0 Å². The van der Waals surface area contributed by atoms with Gasteiger partial charge >= 0.3 is 5.97 Å². The number of esters is 1. The highest BCUT2D eigenvalue weighted by Crippen LogP contribution is 2.39. The molecule has 0 bridgehead atoms. The molecular formula is C17H19NO5. The first-order valence-corrected chi connectivity index (χ1v) is 7.74. The van der Waals surface area contributed by atoms with Crippen molar-refractivity contribution in [2.45, 2.75) is 12.8 Å². The molecule has 1 aromatic rings. The smallest absolute Gasteiger partial charge is 0.309 e. The summed E-state index contributed by atoms with van der Waals surface area (Å²) >= 11 is 0. The first kappa shape index (κ1) is 15.7. The molecule has 0 unspecified atom stereocenters. The van der Waals surface area contributed by atoms with Crippen molar-refractivity contribution in [2.75, 3.05) is 26.9 Å². The Morgan fingerprint density at radius 1 is 1.22 bits per heavy atom. The van der Waals surface area contributed by atoms with Crippen LogP contribution in [-0.4, -0.2) is 49.6 Å². The molecule has 6 heteroatoms. The largest absolute Gasteiger partial charge is 0.465 e. The third-order valence-electron chi connectivity index (χ3n) is 4.25. The van der Waals surface area contributed by atoms with Gasteiger partial charge in [-0.15, -0.1) is 0 Å². The highest BCUT2D eigenvalue weighted by molar-refractivity contribution is 6.21. The van der Waals surface area contributed by atoms with Crippen LogP contribution in [0.4, 0.5) is 0 Å². The molecule has 1 aliphatic carbocycles. The summed E-state index contributed by atoms with van der Waals surface area (Å²) in [4.78, 5) is 37.3. The van der Waals surface area contributed by atoms with Gasteiger partial charge in [0, 0.05) is 20.3 Å². The van der Waals surface area contributed by atoms with Crippen LogP contribution in [0.2, 0.25) is 0 Å². The van der Waals surface area contributed by atoms with E-state index in [0.29, 0.717) is 24.2 Å². The Bertz CT molecular complexity index is 607. The molecule has 2 aliphatic rings. The lowest BCUT2D eigenvalue weighted by molar-refractivity contribution is -0.145. The van der Waals surface area contributed by atoms with Crippen molar-refractivity contribution in [1.82, 2.24) is 4.90 Å². The van der Waals surface area contributed by atoms with Crippen molar-refractivity contribution in [3.05, 3.63) is 35.4 Å². The van der Waals surface area contributed by atoms with E-state index >= 15 is 0 Å². The number of methoxy groups -OCH3 is 1. The SMILES string of the molecule is COC[C@@H]1C[C@H]1C(=O)OCCCN1C(=O)c2ccccc2C1=O. The monoisotopic (exact) mass is 317 g/mol. The molecular weight excluding hydrogens is 298 g/mol. The molecule has 1 fully saturated rings. The lowest BCUT2D eigenvalue weighted by Crippen LogP contribution is -2.31. The third-order valence-corrected chi connectivity index (χ3v) is 4.25. The van der Waals surface area contributed by atoms with Crippen LogP contribution < -0.4 is 0 Å². The van der Waals surface area contributed by atoms with E-state index in [4.69, 9.17) is 9.47 Å². The number of carbonyl (C=O) groups is 3. The second-order valence-corrected chi connectivity index (χ2v) is 5.89. The molecule has 0 spiro atoms. The van der Waals surface area contributed by atoms with Crippen LogP contribution in [0.5, 0.6) is 0 Å². The predicted octanol–water partition coefficient (Wildman–Crippen LogP) is 1.50. The number of carbonyl (C=O) groups excluding carboxylic acids is 3. The van der Waals surface area contributed by atoms with Crippen molar-refractivity contribution in [2.24, 2.45) is 11.8 Å². The first-order chi connectivity index (χ1) is 11.1. The number of nitrogens with zero attached hydrogens (tertiary/aromatic N) is 1. The van der Waals surface area contributed by atoms with Gasteiger partial charge in [-0.25, -0.2) is 0 Å². The minimum Gasteiger partial charge on any atom is -0.465 e. The van der Waals surface area contributed by atoms with Crippen LogP contribution in [0.1, 0.15) is 33.6 Å². The number of benzene rings is 1. The van der Waals surface area contributed by atoms with E-state index in [0.717, 1.165) is 6.42 Å². The van der Waals surface area contributed by atoms with E-state index in [1.54, 1.807) is 31.4 Å². The number of rotatable bonds is 7. The summed E-state index contributed by atoms with van der Waals surface area (Å²) in [5.74, 6) is -0.564. The number of amides is 2. The van der Waals surface area contributed by atoms with Gasteiger partial charge in [0.1, 0.15) is 0 Å². The molecule has 23 heavy (non-hydrogen) atoms. The number of imide groups is 1. The second-order valence-electron chi connectivity index (χ2n) is 5.89. The summed E-state index contributed by atoms with van der Waals surface area (Å²) < 4.78 is 10.2. The number of ether oxygens (including phenoxy) is 2. The zero-order valence-electron chi connectivity index (χ0n) is 13.0. The van der Waals surface area contributed by atoms with E-state index in [-0.39, 0.29) is 42.8 Å². The molecule has 122 valence electrons. The normalized spacial score (nSPS) is 22.2. The fourth-order valence-corrected chi connectivity index (χ4v) is 2.88. The molecule has 2 atom stereocenters. The maximum atomic E-state index is 12.2. The molecule has 0 N–H and O–H groups in total. The Morgan fingerprint density at radius 3 is 2.48 bits per heavy atom. The number of fused-ring (bicyclic) bond motifs is 1. The fourth-order valence-electron chi connectivity index (χ4n) is 2.88. The van der Waals surface area contributed by atoms with Gasteiger partial charge in [0.05, 0.1) is 23.7 Å². The summed E-state index contributed by atoms with van der Waals surface area (Å²) in [5.41, 5.74) is 0.879. The second kappa shape index (κ2) is 6.50. The van der Waals surface area contributed by atoms with Crippen LogP contribution in [0.25, 0.3) is 0 Å². The van der Waals surface area contributed by atoms with Crippen molar-refractivity contribution >= 4 is 17.8 Å². The van der Waals surface area contributed by atoms with E-state index in [2.05, 4.69) is 0 Å². The van der Waals surface area contributed by atoms with E-state index in [1.807, 2.05) is 0 Å². The van der Waals surface area contributed by atoms with Gasteiger partial charge < -0.3 is 9.47 Å². The maximum absolute atomic E-state index is 12.2. The van der Waals surface area contributed by atoms with Gasteiger partial charge in [-0.2, -0.15) is 0 Å². The van der Waals surface area contributed by atoms with Crippen LogP contribution >= 0.6 is 0 Å². The molecule has 0 saturated heterocycles. The van der Waals surface area contributed by atoms with Gasteiger partial charge in [0.25, 0.3) is 11.8 Å². The Hall–Kier alpha value is -2.21. The van der Waals surface area contributed by atoms with E-state index in [9.17, 15) is 14.4 Å². The molecule has 1 aliphatic heterocycles. The maximum Gasteiger partial charge on any atom is 0.309 e. The quantitative estimate of drug-likeness (QED) is 0.433. The van der Waals surface area contributed by atoms with Crippen LogP contribution in [0.3, 0.4) is 0 Å². The molecule has 1 heterocycles. The van der Waals surface area contributed by atoms with Gasteiger partial charge in [-0.05, 0) is 30.9 Å². The molecule has 1 saturated carbocycles. The van der Waals surface area contributed by atoms with E-state index in [1.165, 1.54) is 4.90 Å². The Morgan fingerprint density at radius 2 is 1.87 bits per heavy atom. The highest BCUT2D eigenvalue weighted by Gasteiger charge is 2.44. The van der Waals surface area contributed by atoms with Gasteiger partial charge in [-0.1, -0.05) is 12.1 Å². The number of hydrogen-bond donors (Lipinski definition) is 0. The summed E-state index contributed by atoms with van der Waals surface area (Å²) in [5, 5.41) is 0. The average molecular weight is 317 g/mol. The van der Waals surface area contributed by atoms with Gasteiger partial charge in [0.2, 0.25) is 0 Å². The standard InChI is InChI=1S/C17H19NO5/c1-22-10-11-9-14(11)17(21)23-8-4-7-18-15(19)12-5-2-3-6-13(12)16(18)20/h2-3,5-6,11,14H,4,7-10H2,1H3/t11-,14+/m0/s1. The summed E-state index contributed by atoms with van der Waals surface area (Å²) in [7, 11) is 1.61. The lowest BCUT2D eigenvalue weighted by Gasteiger charge is -2.13. The van der Waals surface area contributed by atoms with Crippen LogP contribution in [0, 0.1) is 11.8 Å². The molecule has 6 nitrogen and oxygen atoms in total. The van der Waals surface area contributed by atoms with Crippen molar-refractivity contribution < 1.29 is 23.9 Å². The minimum atomic E-state index is -0.278. The van der Waals surface area contributed by atoms with Crippen molar-refractivity contribution in [3.8, 4) is 0 Å². The van der Waals surface area contributed by atoms with Crippen LogP contribution in [0.15, 0.2) is 24.3 Å². The first-order valence-electron chi connectivity index (χ1n) is 7.74. The van der Waals surface area contributed by atoms with Crippen molar-refractivity contribution in [1.29, 1.82) is 0 Å². The lowest BCUT2D eigenvalue weighted by atomic mass is 10.1. The van der Waals surface area contributed by atoms with Gasteiger partial charge in [-0.3, -0.25) is 19.3 Å². The zero-order valence-corrected chi connectivity index (χ0v) is 13.0. The van der Waals surface area contributed by atoms with Crippen molar-refractivity contribution in [3.63, 3.8) is 0 Å². The van der Waals surface area contributed by atoms with Gasteiger partial charge in [0.15, 0.2) is 0 Å². The third kappa shape index (κ3) is 3.12. The predicted molar refractivity (Wildman–Crippen MR) is 80.9 cm³/mol. The molecule has 0 radical (unpaired) electrons. The Kier molecular flexibility index (Phi) is 4.43. The molecule has 3 rings (SSSR count). The molecule has 2 amide bonds. The number of hydrogen-bond acceptors (Lipinski definition) is 5. The minimum absolute atomic E-state index is 0.0609. The summed E-state index contributed by atoms with van der Waals surface area (Å²) in [6.07, 6.45) is 1.25. The summed E-state index contributed by atoms with van der Waals surface area (Å²) in [6, 6.07) is 6.78. The Balaban J connectivity index is 1.43. The average Bonchev–Trinajstić information content (AvgIpc) is 3.28. The Labute approximate surface area is 134 Å². The highest BCUT2D eigenvalue weighted by atomic mass is 16.5. The fraction of sp³-hybridized carbons (Fsp3) is 0.471. The molecule has 0 aromatic heterocycles. The topological polar surface area (TPSA) is 72.9 Å². The van der Waals surface area contributed by atoms with Crippen LogP contribution in [-0.2, 0) is 14.3 Å². The molecule has 1 aromatic carbocycles. The summed E-state index contributed by atoms with van der Waals surface area (Å²) in [6.45, 7) is 1.04.